The highest BCUT2D eigenvalue weighted by Gasteiger charge is 2.16. The smallest absolute Gasteiger partial charge is 0.343 e. The lowest BCUT2D eigenvalue weighted by Crippen LogP contribution is -2.13. The first kappa shape index (κ1) is 25.6. The van der Waals surface area contributed by atoms with Crippen molar-refractivity contribution in [3.63, 3.8) is 0 Å². The number of methoxy groups -OCH3 is 3. The minimum absolute atomic E-state index is 0.00472. The second kappa shape index (κ2) is 10.9. The zero-order chi connectivity index (χ0) is 25.6. The standard InChI is InChI=1S/C29H30O6/c1-29(2,3)22-12-8-21(9-13-22)28(31)35-23-14-10-20(11-15-23)24(30)16-7-19-17-25(32-4)27(34-6)26(18-19)33-5/h7-18H,1-6H3. The van der Waals surface area contributed by atoms with E-state index in [9.17, 15) is 9.59 Å². The molecular weight excluding hydrogens is 444 g/mol. The highest BCUT2D eigenvalue weighted by atomic mass is 16.5. The molecular formula is C29H30O6. The molecule has 3 rings (SSSR count). The molecule has 0 aliphatic carbocycles. The van der Waals surface area contributed by atoms with Crippen molar-refractivity contribution in [3.05, 3.63) is 89.0 Å². The van der Waals surface area contributed by atoms with E-state index < -0.39 is 5.97 Å². The van der Waals surface area contributed by atoms with Crippen molar-refractivity contribution in [1.82, 2.24) is 0 Å². The maximum Gasteiger partial charge on any atom is 0.343 e. The Bertz CT molecular complexity index is 1190. The van der Waals surface area contributed by atoms with E-state index in [4.69, 9.17) is 18.9 Å². The summed E-state index contributed by atoms with van der Waals surface area (Å²) < 4.78 is 21.5. The van der Waals surface area contributed by atoms with Crippen molar-refractivity contribution < 1.29 is 28.5 Å². The van der Waals surface area contributed by atoms with Crippen molar-refractivity contribution in [1.29, 1.82) is 0 Å². The lowest BCUT2D eigenvalue weighted by Gasteiger charge is -2.18. The van der Waals surface area contributed by atoms with Gasteiger partial charge in [-0.2, -0.15) is 0 Å². The van der Waals surface area contributed by atoms with Gasteiger partial charge in [-0.1, -0.05) is 39.0 Å². The van der Waals surface area contributed by atoms with Gasteiger partial charge in [0.1, 0.15) is 5.75 Å². The fourth-order valence-electron chi connectivity index (χ4n) is 3.43. The monoisotopic (exact) mass is 474 g/mol. The average molecular weight is 475 g/mol. The predicted octanol–water partition coefficient (Wildman–Crippen LogP) is 6.13. The molecule has 6 heteroatoms. The van der Waals surface area contributed by atoms with Crippen LogP contribution in [-0.4, -0.2) is 33.1 Å². The predicted molar refractivity (Wildman–Crippen MR) is 136 cm³/mol. The van der Waals surface area contributed by atoms with Crippen LogP contribution in [0.4, 0.5) is 0 Å². The van der Waals surface area contributed by atoms with Gasteiger partial charge in [0.05, 0.1) is 26.9 Å². The molecule has 0 amide bonds. The van der Waals surface area contributed by atoms with Gasteiger partial charge < -0.3 is 18.9 Å². The summed E-state index contributed by atoms with van der Waals surface area (Å²) in [5.41, 5.74) is 2.78. The fraction of sp³-hybridized carbons (Fsp3) is 0.241. The number of carbonyl (C=O) groups is 2. The number of hydrogen-bond donors (Lipinski definition) is 0. The van der Waals surface area contributed by atoms with E-state index in [2.05, 4.69) is 20.8 Å². The lowest BCUT2D eigenvalue weighted by atomic mass is 9.87. The molecule has 0 unspecified atom stereocenters. The van der Waals surface area contributed by atoms with Crippen LogP contribution in [0.2, 0.25) is 0 Å². The van der Waals surface area contributed by atoms with Crippen LogP contribution in [0, 0.1) is 0 Å². The van der Waals surface area contributed by atoms with E-state index >= 15 is 0 Å². The first-order valence-electron chi connectivity index (χ1n) is 11.1. The number of ketones is 1. The minimum Gasteiger partial charge on any atom is -0.493 e. The van der Waals surface area contributed by atoms with Gasteiger partial charge in [0, 0.05) is 5.56 Å². The number of benzene rings is 3. The van der Waals surface area contributed by atoms with Crippen LogP contribution in [0.1, 0.15) is 52.6 Å². The third kappa shape index (κ3) is 6.29. The first-order valence-corrected chi connectivity index (χ1v) is 11.1. The first-order chi connectivity index (χ1) is 16.7. The second-order valence-electron chi connectivity index (χ2n) is 8.90. The Hall–Kier alpha value is -4.06. The van der Waals surface area contributed by atoms with Gasteiger partial charge in [0.2, 0.25) is 5.75 Å². The van der Waals surface area contributed by atoms with E-state index in [0.29, 0.717) is 34.1 Å². The molecule has 0 heterocycles. The lowest BCUT2D eigenvalue weighted by molar-refractivity contribution is 0.0734. The molecule has 3 aromatic carbocycles. The fourth-order valence-corrected chi connectivity index (χ4v) is 3.43. The number of hydrogen-bond acceptors (Lipinski definition) is 6. The molecule has 0 aliphatic heterocycles. The Balaban J connectivity index is 1.68. The second-order valence-corrected chi connectivity index (χ2v) is 8.90. The summed E-state index contributed by atoms with van der Waals surface area (Å²) in [5, 5.41) is 0. The van der Waals surface area contributed by atoms with Gasteiger partial charge in [0.25, 0.3) is 0 Å². The molecule has 0 N–H and O–H groups in total. The Morgan fingerprint density at radius 2 is 1.29 bits per heavy atom. The normalized spacial score (nSPS) is 11.3. The maximum atomic E-state index is 12.6. The summed E-state index contributed by atoms with van der Waals surface area (Å²) in [4.78, 5) is 25.1. The van der Waals surface area contributed by atoms with Gasteiger partial charge >= 0.3 is 5.97 Å². The number of rotatable bonds is 8. The van der Waals surface area contributed by atoms with Crippen LogP contribution in [0.25, 0.3) is 6.08 Å². The van der Waals surface area contributed by atoms with Crippen molar-refractivity contribution >= 4 is 17.8 Å². The summed E-state index contributed by atoms with van der Waals surface area (Å²) in [6, 6.07) is 17.3. The SMILES string of the molecule is COc1cc(C=CC(=O)c2ccc(OC(=O)c3ccc(C(C)(C)C)cc3)cc2)cc(OC)c1OC. The molecule has 0 bridgehead atoms. The zero-order valence-electron chi connectivity index (χ0n) is 20.9. The Kier molecular flexibility index (Phi) is 7.97. The van der Waals surface area contributed by atoms with Gasteiger partial charge in [0.15, 0.2) is 17.3 Å². The zero-order valence-corrected chi connectivity index (χ0v) is 20.9. The molecule has 0 saturated carbocycles. The van der Waals surface area contributed by atoms with Gasteiger partial charge in [-0.15, -0.1) is 0 Å². The molecule has 0 spiro atoms. The van der Waals surface area contributed by atoms with Crippen molar-refractivity contribution in [2.75, 3.05) is 21.3 Å². The molecule has 6 nitrogen and oxygen atoms in total. The maximum absolute atomic E-state index is 12.6. The molecule has 0 atom stereocenters. The molecule has 35 heavy (non-hydrogen) atoms. The summed E-state index contributed by atoms with van der Waals surface area (Å²) in [5.74, 6) is 1.19. The highest BCUT2D eigenvalue weighted by Crippen LogP contribution is 2.38. The third-order valence-electron chi connectivity index (χ3n) is 5.45. The van der Waals surface area contributed by atoms with Crippen molar-refractivity contribution in [2.45, 2.75) is 26.2 Å². The number of esters is 1. The van der Waals surface area contributed by atoms with Crippen LogP contribution in [0.5, 0.6) is 23.0 Å². The molecule has 0 aliphatic rings. The van der Waals surface area contributed by atoms with E-state index in [1.54, 1.807) is 54.6 Å². The Labute approximate surface area is 206 Å². The van der Waals surface area contributed by atoms with Crippen LogP contribution in [0.15, 0.2) is 66.7 Å². The summed E-state index contributed by atoms with van der Waals surface area (Å²) >= 11 is 0. The minimum atomic E-state index is -0.452. The van der Waals surface area contributed by atoms with Crippen LogP contribution in [0.3, 0.4) is 0 Å². The van der Waals surface area contributed by atoms with Gasteiger partial charge in [-0.05, 0) is 71.1 Å². The summed E-state index contributed by atoms with van der Waals surface area (Å²) in [7, 11) is 4.60. The van der Waals surface area contributed by atoms with Crippen molar-refractivity contribution in [2.24, 2.45) is 0 Å². The average Bonchev–Trinajstić information content (AvgIpc) is 2.86. The van der Waals surface area contributed by atoms with E-state index in [0.717, 1.165) is 11.1 Å². The Morgan fingerprint density at radius 3 is 1.77 bits per heavy atom. The molecule has 3 aromatic rings. The summed E-state index contributed by atoms with van der Waals surface area (Å²) in [6.45, 7) is 6.34. The quantitative estimate of drug-likeness (QED) is 0.169. The van der Waals surface area contributed by atoms with Gasteiger partial charge in [-0.3, -0.25) is 4.79 Å². The van der Waals surface area contributed by atoms with Crippen LogP contribution < -0.4 is 18.9 Å². The van der Waals surface area contributed by atoms with Crippen LogP contribution >= 0.6 is 0 Å². The molecule has 0 radical (unpaired) electrons. The van der Waals surface area contributed by atoms with E-state index in [-0.39, 0.29) is 11.2 Å². The molecule has 0 saturated heterocycles. The molecule has 0 aromatic heterocycles. The van der Waals surface area contributed by atoms with Crippen LogP contribution in [-0.2, 0) is 5.41 Å². The number of carbonyl (C=O) groups excluding carboxylic acids is 2. The molecule has 182 valence electrons. The third-order valence-corrected chi connectivity index (χ3v) is 5.45. The largest absolute Gasteiger partial charge is 0.493 e. The number of allylic oxidation sites excluding steroid dienone is 1. The van der Waals surface area contributed by atoms with E-state index in [1.807, 2.05) is 12.1 Å². The van der Waals surface area contributed by atoms with E-state index in [1.165, 1.54) is 27.4 Å². The number of ether oxygens (including phenoxy) is 4. The van der Waals surface area contributed by atoms with Gasteiger partial charge in [-0.25, -0.2) is 4.79 Å². The summed E-state index contributed by atoms with van der Waals surface area (Å²) in [6.07, 6.45) is 3.13. The molecule has 0 fully saturated rings. The topological polar surface area (TPSA) is 71.1 Å². The highest BCUT2D eigenvalue weighted by molar-refractivity contribution is 6.07. The Morgan fingerprint density at radius 1 is 0.743 bits per heavy atom. The van der Waals surface area contributed by atoms with Crippen molar-refractivity contribution in [3.8, 4) is 23.0 Å².